The van der Waals surface area contributed by atoms with Gasteiger partial charge in [-0.25, -0.2) is 0 Å². The van der Waals surface area contributed by atoms with E-state index in [4.69, 9.17) is 30.7 Å². The van der Waals surface area contributed by atoms with Crippen LogP contribution in [0.4, 0.5) is 0 Å². The Balaban J connectivity index is 9.61. The van der Waals surface area contributed by atoms with Gasteiger partial charge in [-0.15, -0.1) is 0 Å². The van der Waals surface area contributed by atoms with Crippen molar-refractivity contribution in [3.63, 3.8) is 0 Å². The van der Waals surface area contributed by atoms with Gasteiger partial charge in [0, 0.05) is 0 Å². The highest BCUT2D eigenvalue weighted by Crippen LogP contribution is 2.50. The van der Waals surface area contributed by atoms with Gasteiger partial charge in [-0.2, -0.15) is 0 Å². The molecule has 0 spiro atoms. The predicted molar refractivity (Wildman–Crippen MR) is 243 cm³/mol. The fourth-order valence-electron chi connectivity index (χ4n) is 7.97. The maximum atomic E-state index is 8.47. The molecule has 0 aromatic heterocycles. The molecule has 0 aliphatic heterocycles. The van der Waals surface area contributed by atoms with Crippen LogP contribution >= 0.6 is 0 Å². The van der Waals surface area contributed by atoms with Gasteiger partial charge in [-0.05, 0) is 138 Å². The van der Waals surface area contributed by atoms with E-state index in [-0.39, 0.29) is 17.2 Å². The molecule has 0 aromatic rings. The third-order valence-electron chi connectivity index (χ3n) is 8.66. The summed E-state index contributed by atoms with van der Waals surface area (Å²) in [7, 11) is -19.0. The van der Waals surface area contributed by atoms with Crippen LogP contribution in [0.2, 0.25) is 98.2 Å². The van der Waals surface area contributed by atoms with Gasteiger partial charge in [0.1, 0.15) is 0 Å². The lowest BCUT2D eigenvalue weighted by Crippen LogP contribution is -2.99. The van der Waals surface area contributed by atoms with Crippen LogP contribution in [0.1, 0.15) is 60.8 Å². The zero-order chi connectivity index (χ0) is 40.7. The minimum Gasteiger partial charge on any atom is -0.456 e. The fraction of sp³-hybridized carbons (Fsp3) is 0.833. The predicted octanol–water partition coefficient (Wildman–Crippen LogP) is 11.0. The lowest BCUT2D eigenvalue weighted by Gasteiger charge is -2.66. The largest absolute Gasteiger partial charge is 0.456 e. The molecular weight excluding hydrogens is 769 g/mol. The van der Waals surface area contributed by atoms with Crippen LogP contribution in [0.25, 0.3) is 0 Å². The first-order valence-electron chi connectivity index (χ1n) is 19.3. The van der Waals surface area contributed by atoms with Gasteiger partial charge in [0.15, 0.2) is 33.3 Å². The molecule has 15 heteroatoms. The molecule has 0 amide bonds. The summed E-state index contributed by atoms with van der Waals surface area (Å²) in [6, 6.07) is 0. The number of rotatable bonds is 26. The fourth-order valence-corrected chi connectivity index (χ4v) is 126. The van der Waals surface area contributed by atoms with Crippen molar-refractivity contribution in [3.05, 3.63) is 36.5 Å². The lowest BCUT2D eigenvalue weighted by molar-refractivity contribution is 0.102. The molecule has 6 atom stereocenters. The molecule has 6 unspecified atom stereocenters. The molecule has 0 fully saturated rings. The van der Waals surface area contributed by atoms with Crippen LogP contribution < -0.4 is 0 Å². The number of hydrogen-bond acceptors (Lipinski definition) is 7. The van der Waals surface area contributed by atoms with E-state index in [1.807, 2.05) is 20.8 Å². The van der Waals surface area contributed by atoms with E-state index in [0.29, 0.717) is 19.8 Å². The van der Waals surface area contributed by atoms with Gasteiger partial charge in [0.25, 0.3) is 0 Å². The van der Waals surface area contributed by atoms with Gasteiger partial charge in [-0.3, -0.25) is 0 Å². The molecule has 51 heavy (non-hydrogen) atoms. The molecular formula is C36H84O7Si8. The first-order valence-corrected chi connectivity index (χ1v) is 45.3. The van der Waals surface area contributed by atoms with Crippen molar-refractivity contribution in [1.82, 2.24) is 0 Å². The molecule has 0 aliphatic carbocycles. The standard InChI is InChI=1S/C36H84O7Si8/c1-25-34(37-28-31(4)5)48(22,40-44(10,11)12)51(43-47(19,20)21,49(23,41-45(13,14)15)35(26-2)38-29-32(6)7)50(24,42-46(16,17)18)36(27-3)39-30-33(8)9/h34-36H,4,6,8,25-30H2,1-3,5,7,9-24H3. The minimum atomic E-state index is -3.54. The summed E-state index contributed by atoms with van der Waals surface area (Å²) < 4.78 is 54.1. The van der Waals surface area contributed by atoms with Gasteiger partial charge >= 0.3 is 0 Å². The van der Waals surface area contributed by atoms with E-state index in [0.717, 1.165) is 36.0 Å². The minimum absolute atomic E-state index is 0.171. The summed E-state index contributed by atoms with van der Waals surface area (Å²) in [4.78, 5) is 0. The zero-order valence-electron chi connectivity index (χ0n) is 37.5. The highest BCUT2D eigenvalue weighted by atomic mass is 30.0. The zero-order valence-corrected chi connectivity index (χ0v) is 45.5. The third kappa shape index (κ3) is 14.6. The summed E-state index contributed by atoms with van der Waals surface area (Å²) >= 11 is 0. The Morgan fingerprint density at radius 3 is 0.725 bits per heavy atom. The molecule has 0 aromatic carbocycles. The van der Waals surface area contributed by atoms with Crippen LogP contribution in [0.15, 0.2) is 36.5 Å². The Kier molecular flexibility index (Phi) is 20.0. The highest BCUT2D eigenvalue weighted by molar-refractivity contribution is 7.87. The van der Waals surface area contributed by atoms with Crippen molar-refractivity contribution in [3.8, 4) is 0 Å². The second-order valence-electron chi connectivity index (χ2n) is 19.4. The second-order valence-corrected chi connectivity index (χ2v) is 69.2. The van der Waals surface area contributed by atoms with Crippen LogP contribution in [0, 0.1) is 0 Å². The quantitative estimate of drug-likeness (QED) is 0.0634. The first-order chi connectivity index (χ1) is 22.7. The molecule has 0 bridgehead atoms. The average Bonchev–Trinajstić information content (AvgIpc) is 2.88. The van der Waals surface area contributed by atoms with Crippen molar-refractivity contribution < 1.29 is 30.7 Å². The van der Waals surface area contributed by atoms with Gasteiger partial charge < -0.3 is 30.7 Å². The summed E-state index contributed by atoms with van der Waals surface area (Å²) in [5.41, 5.74) is 2.49. The van der Waals surface area contributed by atoms with E-state index < -0.39 is 63.6 Å². The van der Waals surface area contributed by atoms with Gasteiger partial charge in [0.2, 0.25) is 30.4 Å². The van der Waals surface area contributed by atoms with Crippen LogP contribution in [-0.2, 0) is 30.7 Å². The second kappa shape index (κ2) is 19.7. The Labute approximate surface area is 325 Å². The molecule has 302 valence electrons. The van der Waals surface area contributed by atoms with Crippen molar-refractivity contribution in [2.24, 2.45) is 0 Å². The van der Waals surface area contributed by atoms with Crippen molar-refractivity contribution >= 4 is 63.6 Å². The van der Waals surface area contributed by atoms with E-state index in [1.165, 1.54) is 0 Å². The molecule has 0 rings (SSSR count). The Morgan fingerprint density at radius 2 is 0.588 bits per heavy atom. The smallest absolute Gasteiger partial charge is 0.241 e. The maximum Gasteiger partial charge on any atom is 0.241 e. The first kappa shape index (κ1) is 51.7. The average molecular weight is 854 g/mol. The Hall–Kier alpha value is 0.675. The van der Waals surface area contributed by atoms with Gasteiger partial charge in [0.05, 0.1) is 37.0 Å². The SMILES string of the molecule is C=C(C)COC(CC)[Si](C)(O[Si](C)(C)C)[Si](O[Si](C)(C)C)([Si](C)(O[Si](C)(C)C)C(CC)OCC(=C)C)[Si](C)(O[Si](C)(C)C)C(CC)OCC(=C)C. The number of hydrogen-bond donors (Lipinski definition) is 0. The van der Waals surface area contributed by atoms with Gasteiger partial charge in [-0.1, -0.05) is 57.2 Å². The van der Waals surface area contributed by atoms with Crippen LogP contribution in [-0.4, -0.2) is 101 Å². The summed E-state index contributed by atoms with van der Waals surface area (Å²) in [5.74, 6) is 0. The Bertz CT molecular complexity index is 1020. The van der Waals surface area contributed by atoms with Crippen molar-refractivity contribution in [2.75, 3.05) is 19.8 Å². The normalized spacial score (nSPS) is 19.9. The maximum absolute atomic E-state index is 8.47. The molecule has 0 saturated carbocycles. The summed E-state index contributed by atoms with van der Waals surface area (Å²) in [6.45, 7) is 59.1. The van der Waals surface area contributed by atoms with Crippen LogP contribution in [0.5, 0.6) is 0 Å². The molecule has 0 heterocycles. The molecule has 0 radical (unpaired) electrons. The third-order valence-corrected chi connectivity index (χ3v) is 82.2. The van der Waals surface area contributed by atoms with E-state index in [9.17, 15) is 0 Å². The summed E-state index contributed by atoms with van der Waals surface area (Å²) in [5, 5.41) is 0. The molecule has 0 saturated heterocycles. The van der Waals surface area contributed by atoms with Crippen molar-refractivity contribution in [2.45, 2.75) is 176 Å². The lowest BCUT2D eigenvalue weighted by atomic mass is 10.4. The summed E-state index contributed by atoms with van der Waals surface area (Å²) in [6.07, 6.45) is 2.39. The van der Waals surface area contributed by atoms with E-state index in [2.05, 4.69) is 139 Å². The molecule has 7 nitrogen and oxygen atoms in total. The van der Waals surface area contributed by atoms with Crippen LogP contribution in [0.3, 0.4) is 0 Å². The Morgan fingerprint density at radius 1 is 0.392 bits per heavy atom. The number of ether oxygens (including phenoxy) is 3. The van der Waals surface area contributed by atoms with E-state index in [1.54, 1.807) is 0 Å². The molecule has 0 N–H and O–H groups in total. The molecule has 0 aliphatic rings. The monoisotopic (exact) mass is 852 g/mol. The highest BCUT2D eigenvalue weighted by Gasteiger charge is 2.84. The van der Waals surface area contributed by atoms with E-state index >= 15 is 0 Å². The van der Waals surface area contributed by atoms with Crippen molar-refractivity contribution in [1.29, 1.82) is 0 Å². The topological polar surface area (TPSA) is 64.6 Å².